The quantitative estimate of drug-likeness (QED) is 0.800. The number of rotatable bonds is 6. The van der Waals surface area contributed by atoms with Crippen molar-refractivity contribution in [3.05, 3.63) is 29.8 Å². The minimum absolute atomic E-state index is 0.0193. The van der Waals surface area contributed by atoms with Crippen molar-refractivity contribution < 1.29 is 19.4 Å². The Morgan fingerprint density at radius 3 is 2.64 bits per heavy atom. The van der Waals surface area contributed by atoms with Crippen molar-refractivity contribution in [2.45, 2.75) is 38.3 Å². The molecule has 0 aliphatic carbocycles. The van der Waals surface area contributed by atoms with Gasteiger partial charge in [0.2, 0.25) is 5.91 Å². The predicted molar refractivity (Wildman–Crippen MR) is 106 cm³/mol. The molecule has 28 heavy (non-hydrogen) atoms. The highest BCUT2D eigenvalue weighted by atomic mass is 16.5. The zero-order chi connectivity index (χ0) is 20.1. The number of nitrogens with zero attached hydrogens (tertiary/aromatic N) is 3. The normalized spacial score (nSPS) is 23.3. The van der Waals surface area contributed by atoms with Gasteiger partial charge in [0.25, 0.3) is 0 Å². The monoisotopic (exact) mass is 389 g/mol. The van der Waals surface area contributed by atoms with E-state index in [1.165, 1.54) is 10.5 Å². The number of piperazine rings is 1. The largest absolute Gasteiger partial charge is 0.497 e. The van der Waals surface area contributed by atoms with Gasteiger partial charge in [-0.05, 0) is 43.9 Å². The topological polar surface area (TPSA) is 73.3 Å². The van der Waals surface area contributed by atoms with Gasteiger partial charge in [-0.1, -0.05) is 12.1 Å². The van der Waals surface area contributed by atoms with Crippen molar-refractivity contribution in [2.24, 2.45) is 0 Å². The summed E-state index contributed by atoms with van der Waals surface area (Å²) in [5.41, 5.74) is 1.23. The summed E-state index contributed by atoms with van der Waals surface area (Å²) in [5.74, 6) is -0.0920. The summed E-state index contributed by atoms with van der Waals surface area (Å²) < 4.78 is 5.34. The number of aliphatic carboxylic acids is 1. The first-order valence-corrected chi connectivity index (χ1v) is 10.1. The Bertz CT molecular complexity index is 688. The van der Waals surface area contributed by atoms with Crippen LogP contribution < -0.4 is 4.74 Å². The molecule has 0 spiro atoms. The number of likely N-dealkylation sites (tertiary alicyclic amines) is 1. The molecule has 2 aliphatic rings. The standard InChI is InChI=1S/C21H31N3O4/c1-16(17-6-5-7-18(14-17)28-2)22-10-12-23(13-11-22)19-8-3-4-9-24(21(19)27)15-20(25)26/h5-7,14,16,19H,3-4,8-13,15H2,1-2H3,(H,25,26). The number of ether oxygens (including phenoxy) is 1. The summed E-state index contributed by atoms with van der Waals surface area (Å²) in [6.45, 7) is 5.99. The number of hydrogen-bond donors (Lipinski definition) is 1. The second-order valence-corrected chi connectivity index (χ2v) is 7.69. The van der Waals surface area contributed by atoms with Gasteiger partial charge >= 0.3 is 5.97 Å². The Kier molecular flexibility index (Phi) is 6.91. The van der Waals surface area contributed by atoms with E-state index >= 15 is 0 Å². The smallest absolute Gasteiger partial charge is 0.323 e. The van der Waals surface area contributed by atoms with Crippen LogP contribution in [0.5, 0.6) is 5.75 Å². The molecule has 2 atom stereocenters. The lowest BCUT2D eigenvalue weighted by molar-refractivity contribution is -0.147. The summed E-state index contributed by atoms with van der Waals surface area (Å²) in [6.07, 6.45) is 2.66. The van der Waals surface area contributed by atoms with Gasteiger partial charge in [0.05, 0.1) is 13.2 Å². The number of hydrogen-bond acceptors (Lipinski definition) is 5. The SMILES string of the molecule is COc1cccc(C(C)N2CCN(C3CCCCN(CC(=O)O)C3=O)CC2)c1. The van der Waals surface area contributed by atoms with Gasteiger partial charge in [-0.3, -0.25) is 19.4 Å². The molecule has 0 aromatic heterocycles. The van der Waals surface area contributed by atoms with Gasteiger partial charge in [0.15, 0.2) is 0 Å². The summed E-state index contributed by atoms with van der Waals surface area (Å²) in [6, 6.07) is 8.27. The molecule has 154 valence electrons. The average molecular weight is 389 g/mol. The van der Waals surface area contributed by atoms with Crippen LogP contribution in [-0.2, 0) is 9.59 Å². The van der Waals surface area contributed by atoms with Crippen LogP contribution in [0.1, 0.15) is 37.8 Å². The fourth-order valence-corrected chi connectivity index (χ4v) is 4.29. The molecule has 3 rings (SSSR count). The highest BCUT2D eigenvalue weighted by Gasteiger charge is 2.34. The van der Waals surface area contributed by atoms with E-state index in [9.17, 15) is 9.59 Å². The molecule has 7 heteroatoms. The zero-order valence-corrected chi connectivity index (χ0v) is 16.8. The van der Waals surface area contributed by atoms with Crippen molar-refractivity contribution in [2.75, 3.05) is 46.4 Å². The van der Waals surface area contributed by atoms with Crippen LogP contribution in [0.4, 0.5) is 0 Å². The summed E-state index contributed by atoms with van der Waals surface area (Å²) in [5, 5.41) is 9.09. The molecule has 7 nitrogen and oxygen atoms in total. The van der Waals surface area contributed by atoms with Crippen LogP contribution in [0.3, 0.4) is 0 Å². The van der Waals surface area contributed by atoms with Gasteiger partial charge in [0, 0.05) is 38.8 Å². The third-order valence-electron chi connectivity index (χ3n) is 5.99. The lowest BCUT2D eigenvalue weighted by atomic mass is 10.0. The minimum Gasteiger partial charge on any atom is -0.497 e. The van der Waals surface area contributed by atoms with Crippen LogP contribution >= 0.6 is 0 Å². The lowest BCUT2D eigenvalue weighted by Gasteiger charge is -2.41. The molecule has 1 N–H and O–H groups in total. The van der Waals surface area contributed by atoms with E-state index in [2.05, 4.69) is 28.9 Å². The molecule has 2 fully saturated rings. The highest BCUT2D eigenvalue weighted by Crippen LogP contribution is 2.26. The van der Waals surface area contributed by atoms with E-state index in [4.69, 9.17) is 9.84 Å². The number of carboxylic acids is 1. The van der Waals surface area contributed by atoms with Crippen LogP contribution in [-0.4, -0.2) is 84.1 Å². The minimum atomic E-state index is -0.939. The zero-order valence-electron chi connectivity index (χ0n) is 16.8. The number of carbonyl (C=O) groups excluding carboxylic acids is 1. The molecule has 1 amide bonds. The Hall–Kier alpha value is -2.12. The number of benzene rings is 1. The van der Waals surface area contributed by atoms with Crippen LogP contribution in [0.15, 0.2) is 24.3 Å². The Morgan fingerprint density at radius 1 is 1.21 bits per heavy atom. The molecule has 2 aliphatic heterocycles. The van der Waals surface area contributed by atoms with Crippen LogP contribution in [0.25, 0.3) is 0 Å². The first-order chi connectivity index (χ1) is 13.5. The van der Waals surface area contributed by atoms with Crippen molar-refractivity contribution >= 4 is 11.9 Å². The molecule has 0 bridgehead atoms. The van der Waals surface area contributed by atoms with Crippen LogP contribution in [0, 0.1) is 0 Å². The van der Waals surface area contributed by atoms with Gasteiger partial charge in [-0.25, -0.2) is 0 Å². The summed E-state index contributed by atoms with van der Waals surface area (Å²) >= 11 is 0. The van der Waals surface area contributed by atoms with E-state index in [0.717, 1.165) is 51.2 Å². The van der Waals surface area contributed by atoms with Crippen molar-refractivity contribution in [3.63, 3.8) is 0 Å². The van der Waals surface area contributed by atoms with Gasteiger partial charge < -0.3 is 14.7 Å². The average Bonchev–Trinajstić information content (AvgIpc) is 2.89. The maximum atomic E-state index is 12.9. The Labute approximate surface area is 166 Å². The number of methoxy groups -OCH3 is 1. The van der Waals surface area contributed by atoms with Crippen molar-refractivity contribution in [1.29, 1.82) is 0 Å². The molecule has 1 aromatic rings. The molecule has 0 radical (unpaired) electrons. The van der Waals surface area contributed by atoms with E-state index < -0.39 is 5.97 Å². The molecule has 2 saturated heterocycles. The first kappa shape index (κ1) is 20.6. The first-order valence-electron chi connectivity index (χ1n) is 10.1. The predicted octanol–water partition coefficient (Wildman–Crippen LogP) is 1.84. The van der Waals surface area contributed by atoms with E-state index in [0.29, 0.717) is 6.54 Å². The Morgan fingerprint density at radius 2 is 1.96 bits per heavy atom. The molecule has 2 heterocycles. The van der Waals surface area contributed by atoms with E-state index in [-0.39, 0.29) is 24.5 Å². The molecule has 0 saturated carbocycles. The number of amides is 1. The Balaban J connectivity index is 1.60. The van der Waals surface area contributed by atoms with Crippen molar-refractivity contribution in [3.8, 4) is 5.75 Å². The second kappa shape index (κ2) is 9.39. The fourth-order valence-electron chi connectivity index (χ4n) is 4.29. The maximum Gasteiger partial charge on any atom is 0.323 e. The number of carbonyl (C=O) groups is 2. The van der Waals surface area contributed by atoms with E-state index in [1.807, 2.05) is 12.1 Å². The van der Waals surface area contributed by atoms with E-state index in [1.54, 1.807) is 7.11 Å². The van der Waals surface area contributed by atoms with Crippen molar-refractivity contribution in [1.82, 2.24) is 14.7 Å². The third-order valence-corrected chi connectivity index (χ3v) is 5.99. The summed E-state index contributed by atoms with van der Waals surface area (Å²) in [4.78, 5) is 30.2. The van der Waals surface area contributed by atoms with Gasteiger partial charge in [-0.15, -0.1) is 0 Å². The van der Waals surface area contributed by atoms with Crippen LogP contribution in [0.2, 0.25) is 0 Å². The van der Waals surface area contributed by atoms with Gasteiger partial charge in [-0.2, -0.15) is 0 Å². The fraction of sp³-hybridized carbons (Fsp3) is 0.619. The molecular formula is C21H31N3O4. The van der Waals surface area contributed by atoms with Gasteiger partial charge in [0.1, 0.15) is 12.3 Å². The lowest BCUT2D eigenvalue weighted by Crippen LogP contribution is -2.55. The number of carboxylic acid groups (broad SMARTS) is 1. The molecule has 1 aromatic carbocycles. The third kappa shape index (κ3) is 4.83. The maximum absolute atomic E-state index is 12.9. The molecular weight excluding hydrogens is 358 g/mol. The second-order valence-electron chi connectivity index (χ2n) is 7.69. The molecule has 2 unspecified atom stereocenters. The highest BCUT2D eigenvalue weighted by molar-refractivity contribution is 5.85. The summed E-state index contributed by atoms with van der Waals surface area (Å²) in [7, 11) is 1.68.